The van der Waals surface area contributed by atoms with Crippen molar-refractivity contribution in [2.75, 3.05) is 0 Å². The number of para-hydroxylation sites is 1. The van der Waals surface area contributed by atoms with Crippen molar-refractivity contribution in [3.8, 4) is 0 Å². The molecule has 0 radical (unpaired) electrons. The third-order valence-corrected chi connectivity index (χ3v) is 4.46. The third kappa shape index (κ3) is 2.09. The maximum Gasteiger partial charge on any atom is 0.125 e. The van der Waals surface area contributed by atoms with Crippen LogP contribution in [0.15, 0.2) is 42.0 Å². The molecule has 0 aliphatic rings. The maximum atomic E-state index is 6.07. The smallest absolute Gasteiger partial charge is 0.125 e. The summed E-state index contributed by atoms with van der Waals surface area (Å²) in [7, 11) is 0. The third-order valence-electron chi connectivity index (χ3n) is 3.46. The van der Waals surface area contributed by atoms with Crippen LogP contribution >= 0.6 is 22.9 Å². The predicted octanol–water partition coefficient (Wildman–Crippen LogP) is 3.83. The second-order valence-electron chi connectivity index (χ2n) is 4.68. The quantitative estimate of drug-likeness (QED) is 0.540. The van der Waals surface area contributed by atoms with Crippen molar-refractivity contribution in [3.63, 3.8) is 0 Å². The van der Waals surface area contributed by atoms with Gasteiger partial charge in [-0.1, -0.05) is 18.2 Å². The van der Waals surface area contributed by atoms with Crippen LogP contribution in [-0.2, 0) is 12.4 Å². The van der Waals surface area contributed by atoms with E-state index in [4.69, 9.17) is 11.6 Å². The van der Waals surface area contributed by atoms with Gasteiger partial charge in [-0.2, -0.15) is 0 Å². The summed E-state index contributed by atoms with van der Waals surface area (Å²) in [4.78, 5) is 13.4. The number of nitrogens with zero attached hydrogens (tertiary/aromatic N) is 4. The number of aromatic nitrogens is 4. The van der Waals surface area contributed by atoms with E-state index in [1.54, 1.807) is 11.3 Å². The lowest BCUT2D eigenvalue weighted by Crippen LogP contribution is -2.03. The van der Waals surface area contributed by atoms with E-state index in [0.717, 1.165) is 32.8 Å². The van der Waals surface area contributed by atoms with Crippen molar-refractivity contribution in [2.45, 2.75) is 12.4 Å². The van der Waals surface area contributed by atoms with Crippen molar-refractivity contribution in [3.05, 3.63) is 52.9 Å². The van der Waals surface area contributed by atoms with Crippen LogP contribution in [0, 0.1) is 0 Å². The highest BCUT2D eigenvalue weighted by Gasteiger charge is 2.14. The van der Waals surface area contributed by atoms with Crippen LogP contribution in [0.5, 0.6) is 0 Å². The van der Waals surface area contributed by atoms with Gasteiger partial charge in [0.15, 0.2) is 0 Å². The zero-order valence-corrected chi connectivity index (χ0v) is 12.6. The van der Waals surface area contributed by atoms with Crippen LogP contribution in [0.25, 0.3) is 21.9 Å². The van der Waals surface area contributed by atoms with Crippen molar-refractivity contribution in [1.29, 1.82) is 0 Å². The Labute approximate surface area is 130 Å². The Morgan fingerprint density at radius 2 is 2.05 bits per heavy atom. The molecule has 6 heteroatoms. The molecule has 4 nitrogen and oxygen atoms in total. The van der Waals surface area contributed by atoms with Gasteiger partial charge in [-0.3, -0.25) is 4.98 Å². The van der Waals surface area contributed by atoms with Gasteiger partial charge in [-0.15, -0.1) is 22.9 Å². The van der Waals surface area contributed by atoms with E-state index < -0.39 is 0 Å². The van der Waals surface area contributed by atoms with Gasteiger partial charge in [0.25, 0.3) is 0 Å². The van der Waals surface area contributed by atoms with E-state index in [1.807, 2.05) is 36.0 Å². The molecule has 0 unspecified atom stereocenters. The normalized spacial score (nSPS) is 11.5. The van der Waals surface area contributed by atoms with E-state index in [9.17, 15) is 0 Å². The summed E-state index contributed by atoms with van der Waals surface area (Å²) in [6.07, 6.45) is 3.63. The van der Waals surface area contributed by atoms with Crippen LogP contribution in [-0.4, -0.2) is 19.5 Å². The summed E-state index contributed by atoms with van der Waals surface area (Å²) in [5.41, 5.74) is 2.92. The number of hydrogen-bond donors (Lipinski definition) is 0. The molecule has 0 fully saturated rings. The molecular formula is C15H11ClN4S. The molecule has 0 spiro atoms. The number of alkyl halides is 1. The van der Waals surface area contributed by atoms with Gasteiger partial charge < -0.3 is 4.57 Å². The maximum absolute atomic E-state index is 6.07. The second kappa shape index (κ2) is 5.09. The molecule has 0 aliphatic heterocycles. The molecule has 3 heterocycles. The Morgan fingerprint density at radius 1 is 1.14 bits per heavy atom. The minimum absolute atomic E-state index is 0.369. The molecule has 0 saturated heterocycles. The van der Waals surface area contributed by atoms with Crippen LogP contribution < -0.4 is 0 Å². The fourth-order valence-corrected chi connectivity index (χ4v) is 3.36. The molecule has 3 aromatic heterocycles. The van der Waals surface area contributed by atoms with Gasteiger partial charge in [0.1, 0.15) is 16.3 Å². The minimum atomic E-state index is 0.369. The molecule has 0 atom stereocenters. The molecular weight excluding hydrogens is 304 g/mol. The number of halogens is 1. The Balaban J connectivity index is 2.03. The molecule has 104 valence electrons. The van der Waals surface area contributed by atoms with Gasteiger partial charge in [0.05, 0.1) is 29.7 Å². The summed E-state index contributed by atoms with van der Waals surface area (Å²) >= 11 is 7.71. The van der Waals surface area contributed by atoms with Gasteiger partial charge in [0, 0.05) is 17.0 Å². The predicted molar refractivity (Wildman–Crippen MR) is 85.8 cm³/mol. The first-order valence-electron chi connectivity index (χ1n) is 6.54. The fourth-order valence-electron chi connectivity index (χ4n) is 2.55. The monoisotopic (exact) mass is 314 g/mol. The highest BCUT2D eigenvalue weighted by molar-refractivity contribution is 7.09. The number of benzene rings is 1. The van der Waals surface area contributed by atoms with E-state index in [2.05, 4.69) is 25.6 Å². The average Bonchev–Trinajstić information content (AvgIpc) is 3.15. The Kier molecular flexibility index (Phi) is 3.09. The summed E-state index contributed by atoms with van der Waals surface area (Å²) in [6.45, 7) is 0.685. The first-order chi connectivity index (χ1) is 10.4. The van der Waals surface area contributed by atoms with E-state index >= 15 is 0 Å². The summed E-state index contributed by atoms with van der Waals surface area (Å²) in [6, 6.07) is 8.09. The summed E-state index contributed by atoms with van der Waals surface area (Å²) < 4.78 is 2.14. The first kappa shape index (κ1) is 12.7. The Bertz CT molecular complexity index is 914. The lowest BCUT2D eigenvalue weighted by molar-refractivity contribution is 0.774. The fraction of sp³-hybridized carbons (Fsp3) is 0.133. The summed E-state index contributed by atoms with van der Waals surface area (Å²) in [5.74, 6) is 1.22. The topological polar surface area (TPSA) is 43.6 Å². The zero-order chi connectivity index (χ0) is 14.2. The molecule has 1 aromatic carbocycles. The molecule has 21 heavy (non-hydrogen) atoms. The van der Waals surface area contributed by atoms with Crippen molar-refractivity contribution >= 4 is 44.9 Å². The van der Waals surface area contributed by atoms with Crippen LogP contribution in [0.2, 0.25) is 0 Å². The minimum Gasteiger partial charge on any atom is -0.319 e. The number of imidazole rings is 1. The van der Waals surface area contributed by atoms with Crippen molar-refractivity contribution in [1.82, 2.24) is 19.5 Å². The molecule has 0 saturated carbocycles. The Hall–Kier alpha value is -1.98. The lowest BCUT2D eigenvalue weighted by Gasteiger charge is -2.07. The van der Waals surface area contributed by atoms with Gasteiger partial charge in [-0.25, -0.2) is 9.97 Å². The van der Waals surface area contributed by atoms with E-state index in [-0.39, 0.29) is 0 Å². The molecule has 4 rings (SSSR count). The van der Waals surface area contributed by atoms with E-state index in [0.29, 0.717) is 12.4 Å². The second-order valence-corrected chi connectivity index (χ2v) is 5.93. The number of thiazole rings is 1. The van der Waals surface area contributed by atoms with Crippen LogP contribution in [0.4, 0.5) is 0 Å². The number of pyridine rings is 1. The van der Waals surface area contributed by atoms with Gasteiger partial charge in [0.2, 0.25) is 0 Å². The average molecular weight is 315 g/mol. The standard InChI is InChI=1S/C15H11ClN4S/c16-7-13-19-12-8-18-11-4-2-1-3-10(11)15(12)20(13)9-14-17-5-6-21-14/h1-6,8H,7,9H2. The summed E-state index contributed by atoms with van der Waals surface area (Å²) in [5, 5.41) is 4.12. The van der Waals surface area contributed by atoms with Crippen LogP contribution in [0.1, 0.15) is 10.8 Å². The van der Waals surface area contributed by atoms with Gasteiger partial charge >= 0.3 is 0 Å². The lowest BCUT2D eigenvalue weighted by atomic mass is 10.2. The van der Waals surface area contributed by atoms with Crippen molar-refractivity contribution < 1.29 is 0 Å². The van der Waals surface area contributed by atoms with Crippen molar-refractivity contribution in [2.24, 2.45) is 0 Å². The zero-order valence-electron chi connectivity index (χ0n) is 11.0. The molecule has 0 amide bonds. The molecule has 4 aromatic rings. The molecule has 0 bridgehead atoms. The van der Waals surface area contributed by atoms with Crippen LogP contribution in [0.3, 0.4) is 0 Å². The first-order valence-corrected chi connectivity index (χ1v) is 7.95. The highest BCUT2D eigenvalue weighted by atomic mass is 35.5. The number of fused-ring (bicyclic) bond motifs is 3. The van der Waals surface area contributed by atoms with Gasteiger partial charge in [-0.05, 0) is 6.07 Å². The number of hydrogen-bond acceptors (Lipinski definition) is 4. The largest absolute Gasteiger partial charge is 0.319 e. The SMILES string of the molecule is ClCc1nc2cnc3ccccc3c2n1Cc1nccs1. The highest BCUT2D eigenvalue weighted by Crippen LogP contribution is 2.26. The molecule has 0 N–H and O–H groups in total. The number of rotatable bonds is 3. The Morgan fingerprint density at radius 3 is 2.86 bits per heavy atom. The van der Waals surface area contributed by atoms with E-state index in [1.165, 1.54) is 0 Å². The molecule has 0 aliphatic carbocycles.